The predicted molar refractivity (Wildman–Crippen MR) is 201 cm³/mol. The number of hydrogen-bond acceptors (Lipinski definition) is 7. The third kappa shape index (κ3) is 9.88. The van der Waals surface area contributed by atoms with Crippen molar-refractivity contribution in [3.8, 4) is 11.1 Å². The number of aliphatic hydroxyl groups excluding tert-OH is 1. The Morgan fingerprint density at radius 1 is 0.846 bits per heavy atom. The van der Waals surface area contributed by atoms with Gasteiger partial charge in [0.2, 0.25) is 11.8 Å². The maximum atomic E-state index is 12.6. The van der Waals surface area contributed by atoms with Crippen molar-refractivity contribution in [3.63, 3.8) is 0 Å². The van der Waals surface area contributed by atoms with Crippen molar-refractivity contribution in [2.24, 2.45) is 10.8 Å². The highest BCUT2D eigenvalue weighted by Crippen LogP contribution is 2.53. The number of fused-ring (bicyclic) bond motifs is 2. The lowest BCUT2D eigenvalue weighted by Gasteiger charge is -2.41. The van der Waals surface area contributed by atoms with Crippen LogP contribution in [0.5, 0.6) is 0 Å². The molecular weight excluding hydrogens is 654 g/mol. The summed E-state index contributed by atoms with van der Waals surface area (Å²) in [5.74, 6) is -0.367. The van der Waals surface area contributed by atoms with Crippen LogP contribution in [0.4, 0.5) is 0 Å². The Kier molecular flexibility index (Phi) is 12.5. The first-order chi connectivity index (χ1) is 25.0. The van der Waals surface area contributed by atoms with Crippen LogP contribution >= 0.6 is 0 Å². The van der Waals surface area contributed by atoms with Crippen molar-refractivity contribution in [2.45, 2.75) is 123 Å². The van der Waals surface area contributed by atoms with E-state index in [2.05, 4.69) is 79.5 Å². The Bertz CT molecular complexity index is 1640. The summed E-state index contributed by atoms with van der Waals surface area (Å²) < 4.78 is 13.5. The van der Waals surface area contributed by atoms with Crippen molar-refractivity contribution in [3.05, 3.63) is 95.1 Å². The first-order valence-electron chi connectivity index (χ1n) is 19.2. The molecule has 1 saturated carbocycles. The van der Waals surface area contributed by atoms with E-state index >= 15 is 0 Å². The van der Waals surface area contributed by atoms with Crippen LogP contribution in [0.3, 0.4) is 0 Å². The quantitative estimate of drug-likeness (QED) is 0.0723. The van der Waals surface area contributed by atoms with Gasteiger partial charge in [-0.25, -0.2) is 5.48 Å². The summed E-state index contributed by atoms with van der Waals surface area (Å²) in [6.07, 6.45) is 7.79. The summed E-state index contributed by atoms with van der Waals surface area (Å²) in [4.78, 5) is 26.4. The maximum absolute atomic E-state index is 12.6. The highest BCUT2D eigenvalue weighted by molar-refractivity contribution is 5.76. The smallest absolute Gasteiger partial charge is 0.243 e. The van der Waals surface area contributed by atoms with Gasteiger partial charge in [0.1, 0.15) is 0 Å². The summed E-state index contributed by atoms with van der Waals surface area (Å²) in [6.45, 7) is 9.76. The highest BCUT2D eigenvalue weighted by atomic mass is 16.7. The lowest BCUT2D eigenvalue weighted by molar-refractivity contribution is -0.253. The molecule has 3 aliphatic rings. The Balaban J connectivity index is 1.10. The number of benzene rings is 3. The molecule has 4 N–H and O–H groups in total. The second kappa shape index (κ2) is 17.0. The van der Waals surface area contributed by atoms with Gasteiger partial charge in [0.05, 0.1) is 18.8 Å². The summed E-state index contributed by atoms with van der Waals surface area (Å²) in [6, 6.07) is 25.3. The molecule has 0 spiro atoms. The van der Waals surface area contributed by atoms with Gasteiger partial charge in [0.25, 0.3) is 0 Å². The Hall–Kier alpha value is -3.60. The van der Waals surface area contributed by atoms with Gasteiger partial charge >= 0.3 is 0 Å². The van der Waals surface area contributed by atoms with Gasteiger partial charge in [-0.15, -0.1) is 0 Å². The molecule has 2 aliphatic heterocycles. The zero-order valence-electron chi connectivity index (χ0n) is 31.1. The molecule has 9 nitrogen and oxygen atoms in total. The van der Waals surface area contributed by atoms with E-state index in [1.807, 2.05) is 24.3 Å². The first kappa shape index (κ1) is 38.1. The summed E-state index contributed by atoms with van der Waals surface area (Å²) in [5, 5.41) is 21.3. The van der Waals surface area contributed by atoms with Crippen LogP contribution in [0.25, 0.3) is 11.1 Å². The van der Waals surface area contributed by atoms with Crippen molar-refractivity contribution in [2.75, 3.05) is 13.1 Å². The summed E-state index contributed by atoms with van der Waals surface area (Å²) in [7, 11) is 0. The van der Waals surface area contributed by atoms with E-state index in [0.29, 0.717) is 42.7 Å². The number of nitrogens with one attached hydrogen (secondary N) is 2. The van der Waals surface area contributed by atoms with Crippen LogP contribution in [0.15, 0.2) is 72.8 Å². The number of amides is 2. The summed E-state index contributed by atoms with van der Waals surface area (Å²) in [5.41, 5.74) is 8.50. The van der Waals surface area contributed by atoms with Gasteiger partial charge in [-0.3, -0.25) is 19.7 Å². The van der Waals surface area contributed by atoms with Gasteiger partial charge in [0, 0.05) is 50.5 Å². The molecule has 9 heteroatoms. The molecule has 2 amide bonds. The Morgan fingerprint density at radius 3 is 2.25 bits per heavy atom. The normalized spacial score (nSPS) is 25.5. The fraction of sp³-hybridized carbons (Fsp3) is 0.535. The Labute approximate surface area is 309 Å². The second-order valence-electron chi connectivity index (χ2n) is 16.5. The zero-order chi connectivity index (χ0) is 36.7. The number of hydroxylamine groups is 1. The van der Waals surface area contributed by atoms with Crippen molar-refractivity contribution >= 4 is 11.8 Å². The number of carbonyl (C=O) groups is 2. The molecule has 5 atom stereocenters. The van der Waals surface area contributed by atoms with Gasteiger partial charge < -0.3 is 19.9 Å². The largest absolute Gasteiger partial charge is 0.392 e. The lowest BCUT2D eigenvalue weighted by atomic mass is 9.65. The molecule has 0 aromatic heterocycles. The number of aliphatic hydroxyl groups is 1. The van der Waals surface area contributed by atoms with E-state index in [0.717, 1.165) is 72.2 Å². The van der Waals surface area contributed by atoms with Gasteiger partial charge in [-0.1, -0.05) is 106 Å². The SMILES string of the molecule is CC1(C)CC2CC(C)(CN2C[C@H]2C[C@@H](c3ccc(CO)cc3)O[C@@H](c3ccc(-c4ccccc4CNC(=O)CCCCCCC(=O)NO)cc3)O2)C1. The second-order valence-corrected chi connectivity index (χ2v) is 16.5. The third-order valence-electron chi connectivity index (χ3n) is 11.2. The van der Waals surface area contributed by atoms with Crippen LogP contribution in [-0.4, -0.2) is 52.3 Å². The minimum Gasteiger partial charge on any atom is -0.392 e. The van der Waals surface area contributed by atoms with Gasteiger partial charge in [-0.2, -0.15) is 0 Å². The van der Waals surface area contributed by atoms with E-state index in [1.54, 1.807) is 5.48 Å². The lowest BCUT2D eigenvalue weighted by Crippen LogP contribution is -2.42. The van der Waals surface area contributed by atoms with Crippen LogP contribution in [0.2, 0.25) is 0 Å². The number of hydrogen-bond donors (Lipinski definition) is 4. The highest BCUT2D eigenvalue weighted by Gasteiger charge is 2.50. The minimum absolute atomic E-state index is 0.00941. The van der Waals surface area contributed by atoms with Crippen molar-refractivity contribution < 1.29 is 29.4 Å². The Morgan fingerprint density at radius 2 is 1.54 bits per heavy atom. The molecule has 3 aromatic carbocycles. The number of rotatable bonds is 15. The number of likely N-dealkylation sites (tertiary alicyclic amines) is 1. The maximum Gasteiger partial charge on any atom is 0.243 e. The third-order valence-corrected chi connectivity index (χ3v) is 11.2. The molecule has 52 heavy (non-hydrogen) atoms. The molecule has 3 fully saturated rings. The topological polar surface area (TPSA) is 120 Å². The fourth-order valence-corrected chi connectivity index (χ4v) is 9.12. The number of nitrogens with zero attached hydrogens (tertiary/aromatic N) is 1. The monoisotopic (exact) mass is 711 g/mol. The zero-order valence-corrected chi connectivity index (χ0v) is 31.1. The fourth-order valence-electron chi connectivity index (χ4n) is 9.12. The average molecular weight is 712 g/mol. The van der Waals surface area contributed by atoms with E-state index < -0.39 is 6.29 Å². The predicted octanol–water partition coefficient (Wildman–Crippen LogP) is 7.75. The molecule has 280 valence electrons. The number of unbranched alkanes of at least 4 members (excludes halogenated alkanes) is 3. The average Bonchev–Trinajstić information content (AvgIpc) is 3.38. The van der Waals surface area contributed by atoms with Crippen LogP contribution < -0.4 is 10.8 Å². The first-order valence-corrected chi connectivity index (χ1v) is 19.2. The van der Waals surface area contributed by atoms with E-state index in [4.69, 9.17) is 14.7 Å². The van der Waals surface area contributed by atoms with Crippen LogP contribution in [-0.2, 0) is 32.2 Å². The van der Waals surface area contributed by atoms with Crippen LogP contribution in [0, 0.1) is 10.8 Å². The van der Waals surface area contributed by atoms with Gasteiger partial charge in [-0.05, 0) is 70.8 Å². The van der Waals surface area contributed by atoms with E-state index in [-0.39, 0.29) is 30.6 Å². The van der Waals surface area contributed by atoms with Crippen molar-refractivity contribution in [1.82, 2.24) is 15.7 Å². The number of ether oxygens (including phenoxy) is 2. The molecule has 0 radical (unpaired) electrons. The molecule has 2 heterocycles. The summed E-state index contributed by atoms with van der Waals surface area (Å²) >= 11 is 0. The molecule has 2 unspecified atom stereocenters. The van der Waals surface area contributed by atoms with E-state index in [9.17, 15) is 14.7 Å². The minimum atomic E-state index is -0.509. The molecule has 1 aliphatic carbocycles. The standard InChI is InChI=1S/C43H57N3O6/c1-42(2)23-35-24-43(3,28-42)29-46(35)26-36-22-38(32-16-14-30(27-47)15-17-32)52-41(51-36)33-20-18-31(19-21-33)37-11-9-8-10-34(37)25-44-39(48)12-6-4-5-7-13-40(49)45-50/h8-11,14-21,35-36,38,41,47,50H,4-7,12-13,22-29H2,1-3H3,(H,44,48)(H,45,49)/t35?,36-,38+,41+,43?/m1/s1. The molecule has 2 bridgehead atoms. The van der Waals surface area contributed by atoms with Crippen LogP contribution in [0.1, 0.15) is 120 Å². The van der Waals surface area contributed by atoms with Crippen molar-refractivity contribution in [1.29, 1.82) is 0 Å². The molecule has 2 saturated heterocycles. The molecular formula is C43H57N3O6. The molecule has 3 aromatic rings. The number of carbonyl (C=O) groups excluding carboxylic acids is 2. The van der Waals surface area contributed by atoms with E-state index in [1.165, 1.54) is 19.3 Å². The van der Waals surface area contributed by atoms with Gasteiger partial charge in [0.15, 0.2) is 6.29 Å². The molecule has 6 rings (SSSR count).